The summed E-state index contributed by atoms with van der Waals surface area (Å²) in [7, 11) is 0. The van der Waals surface area contributed by atoms with Gasteiger partial charge in [-0.15, -0.1) is 0 Å². The van der Waals surface area contributed by atoms with E-state index >= 15 is 0 Å². The Hall–Kier alpha value is -1.62. The molecule has 0 aliphatic carbocycles. The molecule has 0 radical (unpaired) electrons. The van der Waals surface area contributed by atoms with Gasteiger partial charge in [-0.3, -0.25) is 4.79 Å². The summed E-state index contributed by atoms with van der Waals surface area (Å²) >= 11 is 5.53. The summed E-state index contributed by atoms with van der Waals surface area (Å²) in [6.07, 6.45) is 3.40. The molecule has 2 aliphatic heterocycles. The quantitative estimate of drug-likeness (QED) is 0.835. The Bertz CT molecular complexity index is 673. The second-order valence-corrected chi connectivity index (χ2v) is 8.50. The second kappa shape index (κ2) is 6.94. The third-order valence-electron chi connectivity index (χ3n) is 5.31. The first-order chi connectivity index (χ1) is 11.8. The van der Waals surface area contributed by atoms with E-state index in [1.54, 1.807) is 0 Å². The zero-order valence-electron chi connectivity index (χ0n) is 15.7. The van der Waals surface area contributed by atoms with Crippen molar-refractivity contribution in [2.75, 3.05) is 11.4 Å². The van der Waals surface area contributed by atoms with Crippen molar-refractivity contribution in [2.45, 2.75) is 71.0 Å². The third kappa shape index (κ3) is 3.81. The highest BCUT2D eigenvalue weighted by atomic mass is 32.1. The molecule has 0 bridgehead atoms. The Morgan fingerprint density at radius 1 is 1.28 bits per heavy atom. The van der Waals surface area contributed by atoms with Crippen molar-refractivity contribution in [3.8, 4) is 0 Å². The van der Waals surface area contributed by atoms with Gasteiger partial charge in [0.05, 0.1) is 0 Å². The smallest absolute Gasteiger partial charge is 0.227 e. The first kappa shape index (κ1) is 18.2. The van der Waals surface area contributed by atoms with Gasteiger partial charge in [0.2, 0.25) is 5.91 Å². The number of hydrogen-bond acceptors (Lipinski definition) is 2. The average Bonchev–Trinajstić information content (AvgIpc) is 2.84. The molecule has 136 valence electrons. The molecule has 3 rings (SSSR count). The third-order valence-corrected chi connectivity index (χ3v) is 5.65. The molecule has 1 aromatic carbocycles. The standard InChI is InChI=1S/C20H29N3OS/c1-14-12-16-8-5-6-9-17(16)23(14)18(24)10-7-11-22-15(2)13-20(3,4)21-19(22)25/h5-6,8-9,14-15H,7,10-13H2,1-4H3,(H,21,25)/t14-,15+/m1/s1. The van der Waals surface area contributed by atoms with Crippen molar-refractivity contribution in [3.05, 3.63) is 29.8 Å². The fourth-order valence-electron chi connectivity index (χ4n) is 4.25. The van der Waals surface area contributed by atoms with Gasteiger partial charge in [0, 0.05) is 36.3 Å². The number of anilines is 1. The fraction of sp³-hybridized carbons (Fsp3) is 0.600. The predicted octanol–water partition coefficient (Wildman–Crippen LogP) is 3.49. The van der Waals surface area contributed by atoms with E-state index in [-0.39, 0.29) is 17.5 Å². The molecule has 25 heavy (non-hydrogen) atoms. The maximum Gasteiger partial charge on any atom is 0.227 e. The number of hydrogen-bond donors (Lipinski definition) is 1. The lowest BCUT2D eigenvalue weighted by Crippen LogP contribution is -2.60. The van der Waals surface area contributed by atoms with Crippen LogP contribution in [0.25, 0.3) is 0 Å². The van der Waals surface area contributed by atoms with Gasteiger partial charge >= 0.3 is 0 Å². The Balaban J connectivity index is 1.56. The molecule has 2 atom stereocenters. The van der Waals surface area contributed by atoms with Gasteiger partial charge in [0.1, 0.15) is 0 Å². The molecule has 4 nitrogen and oxygen atoms in total. The highest BCUT2D eigenvalue weighted by Crippen LogP contribution is 2.32. The molecule has 1 aromatic rings. The second-order valence-electron chi connectivity index (χ2n) is 8.11. The molecular formula is C20H29N3OS. The van der Waals surface area contributed by atoms with E-state index in [1.807, 2.05) is 17.0 Å². The molecule has 1 amide bonds. The maximum absolute atomic E-state index is 12.8. The normalized spacial score (nSPS) is 24.9. The number of carbonyl (C=O) groups excluding carboxylic acids is 1. The summed E-state index contributed by atoms with van der Waals surface area (Å²) in [5, 5.41) is 4.23. The van der Waals surface area contributed by atoms with E-state index in [2.05, 4.69) is 50.0 Å². The Morgan fingerprint density at radius 3 is 2.72 bits per heavy atom. The van der Waals surface area contributed by atoms with Crippen LogP contribution in [0.2, 0.25) is 0 Å². The Labute approximate surface area is 156 Å². The van der Waals surface area contributed by atoms with Crippen LogP contribution in [0.4, 0.5) is 5.69 Å². The Kier molecular flexibility index (Phi) is 5.05. The van der Waals surface area contributed by atoms with E-state index < -0.39 is 0 Å². The van der Waals surface area contributed by atoms with Crippen LogP contribution in [0.5, 0.6) is 0 Å². The lowest BCUT2D eigenvalue weighted by atomic mass is 9.93. The van der Waals surface area contributed by atoms with Crippen molar-refractivity contribution >= 4 is 28.9 Å². The zero-order valence-corrected chi connectivity index (χ0v) is 16.5. The molecule has 1 saturated heterocycles. The fourth-order valence-corrected chi connectivity index (χ4v) is 4.80. The number of carbonyl (C=O) groups is 1. The minimum Gasteiger partial charge on any atom is -0.358 e. The van der Waals surface area contributed by atoms with Crippen LogP contribution in [0, 0.1) is 0 Å². The molecule has 0 saturated carbocycles. The highest BCUT2D eigenvalue weighted by Gasteiger charge is 2.33. The number of rotatable bonds is 4. The monoisotopic (exact) mass is 359 g/mol. The summed E-state index contributed by atoms with van der Waals surface area (Å²) in [6, 6.07) is 8.91. The van der Waals surface area contributed by atoms with Gasteiger partial charge < -0.3 is 15.1 Å². The van der Waals surface area contributed by atoms with Crippen molar-refractivity contribution in [1.29, 1.82) is 0 Å². The van der Waals surface area contributed by atoms with Crippen LogP contribution < -0.4 is 10.2 Å². The maximum atomic E-state index is 12.8. The molecule has 1 N–H and O–H groups in total. The van der Waals surface area contributed by atoms with Gasteiger partial charge in [0.25, 0.3) is 0 Å². The molecule has 0 unspecified atom stereocenters. The van der Waals surface area contributed by atoms with Crippen molar-refractivity contribution in [2.24, 2.45) is 0 Å². The lowest BCUT2D eigenvalue weighted by molar-refractivity contribution is -0.119. The summed E-state index contributed by atoms with van der Waals surface area (Å²) < 4.78 is 0. The predicted molar refractivity (Wildman–Crippen MR) is 107 cm³/mol. The van der Waals surface area contributed by atoms with E-state index in [9.17, 15) is 4.79 Å². The molecule has 2 heterocycles. The van der Waals surface area contributed by atoms with Gasteiger partial charge in [-0.2, -0.15) is 0 Å². The summed E-state index contributed by atoms with van der Waals surface area (Å²) in [4.78, 5) is 17.0. The molecule has 0 aromatic heterocycles. The molecular weight excluding hydrogens is 330 g/mol. The minimum atomic E-state index is 0.0531. The minimum absolute atomic E-state index is 0.0531. The van der Waals surface area contributed by atoms with Crippen molar-refractivity contribution in [1.82, 2.24) is 10.2 Å². The number of thiocarbonyl (C=S) groups is 1. The van der Waals surface area contributed by atoms with E-state index in [1.165, 1.54) is 5.56 Å². The van der Waals surface area contributed by atoms with Gasteiger partial charge in [-0.25, -0.2) is 0 Å². The number of nitrogens with zero attached hydrogens (tertiary/aromatic N) is 2. The van der Waals surface area contributed by atoms with Crippen molar-refractivity contribution < 1.29 is 4.79 Å². The van der Waals surface area contributed by atoms with Crippen LogP contribution in [0.15, 0.2) is 24.3 Å². The number of fused-ring (bicyclic) bond motifs is 1. The van der Waals surface area contributed by atoms with Crippen LogP contribution in [-0.4, -0.2) is 40.1 Å². The largest absolute Gasteiger partial charge is 0.358 e. The van der Waals surface area contributed by atoms with Gasteiger partial charge in [-0.1, -0.05) is 18.2 Å². The number of amides is 1. The van der Waals surface area contributed by atoms with E-state index in [4.69, 9.17) is 12.2 Å². The van der Waals surface area contributed by atoms with Crippen LogP contribution in [-0.2, 0) is 11.2 Å². The van der Waals surface area contributed by atoms with Gasteiger partial charge in [0.15, 0.2) is 5.11 Å². The summed E-state index contributed by atoms with van der Waals surface area (Å²) in [6.45, 7) is 9.55. The van der Waals surface area contributed by atoms with Crippen LogP contribution in [0.1, 0.15) is 52.5 Å². The van der Waals surface area contributed by atoms with Crippen molar-refractivity contribution in [3.63, 3.8) is 0 Å². The van der Waals surface area contributed by atoms with E-state index in [0.717, 1.165) is 36.6 Å². The summed E-state index contributed by atoms with van der Waals surface area (Å²) in [5.41, 5.74) is 2.42. The average molecular weight is 360 g/mol. The molecule has 5 heteroatoms. The van der Waals surface area contributed by atoms with E-state index in [0.29, 0.717) is 12.5 Å². The number of benzene rings is 1. The number of nitrogens with one attached hydrogen (secondary N) is 1. The summed E-state index contributed by atoms with van der Waals surface area (Å²) in [5.74, 6) is 0.223. The Morgan fingerprint density at radius 2 is 2.00 bits per heavy atom. The zero-order chi connectivity index (χ0) is 18.2. The molecule has 0 spiro atoms. The molecule has 2 aliphatic rings. The molecule has 1 fully saturated rings. The topological polar surface area (TPSA) is 35.6 Å². The first-order valence-corrected chi connectivity index (χ1v) is 9.68. The first-order valence-electron chi connectivity index (χ1n) is 9.27. The van der Waals surface area contributed by atoms with Crippen LogP contribution in [0.3, 0.4) is 0 Å². The SMILES string of the molecule is C[C@@H]1Cc2ccccc2N1C(=O)CCCN1C(=S)NC(C)(C)C[C@@H]1C. The van der Waals surface area contributed by atoms with Crippen LogP contribution >= 0.6 is 12.2 Å². The number of para-hydroxylation sites is 1. The highest BCUT2D eigenvalue weighted by molar-refractivity contribution is 7.80. The lowest BCUT2D eigenvalue weighted by Gasteiger charge is -2.44. The van der Waals surface area contributed by atoms with Gasteiger partial charge in [-0.05, 0) is 70.8 Å².